The van der Waals surface area contributed by atoms with Gasteiger partial charge < -0.3 is 0 Å². The van der Waals surface area contributed by atoms with E-state index in [4.69, 9.17) is 11.6 Å². The lowest BCUT2D eigenvalue weighted by atomic mass is 9.80. The van der Waals surface area contributed by atoms with Gasteiger partial charge in [-0.3, -0.25) is 0 Å². The molecule has 0 radical (unpaired) electrons. The molecule has 0 aliphatic heterocycles. The molecule has 1 heteroatoms. The number of halogens is 1. The van der Waals surface area contributed by atoms with Crippen molar-refractivity contribution in [2.45, 2.75) is 38.5 Å². The van der Waals surface area contributed by atoms with E-state index in [-0.39, 0.29) is 10.8 Å². The van der Waals surface area contributed by atoms with E-state index in [1.807, 2.05) is 18.2 Å². The first kappa shape index (κ1) is 26.3. The molecule has 0 fully saturated rings. The number of benzene rings is 6. The van der Waals surface area contributed by atoms with E-state index < -0.39 is 0 Å². The molecule has 0 saturated heterocycles. The minimum absolute atomic E-state index is 0.00531. The zero-order valence-electron chi connectivity index (χ0n) is 25.0. The third-order valence-corrected chi connectivity index (χ3v) is 10.2. The van der Waals surface area contributed by atoms with E-state index in [0.29, 0.717) is 0 Å². The molecule has 2 aliphatic carbocycles. The van der Waals surface area contributed by atoms with Gasteiger partial charge in [0.05, 0.1) is 0 Å². The summed E-state index contributed by atoms with van der Waals surface area (Å²) in [5.74, 6) is 0. The summed E-state index contributed by atoms with van der Waals surface area (Å²) in [6.07, 6.45) is 0. The Labute approximate surface area is 259 Å². The van der Waals surface area contributed by atoms with Gasteiger partial charge in [0, 0.05) is 15.9 Å². The molecule has 0 unspecified atom stereocenters. The fourth-order valence-corrected chi connectivity index (χ4v) is 7.72. The summed E-state index contributed by atoms with van der Waals surface area (Å²) in [7, 11) is 0. The standard InChI is InChI=1S/C42H33Cl/c1-41(2)37-14-6-5-13-33(37)34-18-16-30(24-38(34)41)31-17-20-36-35-19-15-29(23-39(35)42(3,4)40(36)25-31)27-10-7-9-26(21-27)28-11-8-12-32(43)22-28/h5-25H,1-4H3. The van der Waals surface area contributed by atoms with E-state index >= 15 is 0 Å². The van der Waals surface area contributed by atoms with Gasteiger partial charge in [0.2, 0.25) is 0 Å². The largest absolute Gasteiger partial charge is 0.0843 e. The Bertz CT molecular complexity index is 2090. The average Bonchev–Trinajstić information content (AvgIpc) is 3.40. The maximum atomic E-state index is 6.30. The molecule has 2 aliphatic rings. The zero-order chi connectivity index (χ0) is 29.5. The Balaban J connectivity index is 1.17. The van der Waals surface area contributed by atoms with E-state index in [0.717, 1.165) is 10.6 Å². The Kier molecular flexibility index (Phi) is 5.68. The molecule has 0 nitrogen and oxygen atoms in total. The highest BCUT2D eigenvalue weighted by molar-refractivity contribution is 6.30. The molecule has 0 heterocycles. The molecule has 0 bridgehead atoms. The van der Waals surface area contributed by atoms with Gasteiger partial charge in [-0.2, -0.15) is 0 Å². The first-order valence-corrected chi connectivity index (χ1v) is 15.5. The minimum atomic E-state index is -0.104. The number of fused-ring (bicyclic) bond motifs is 6. The first-order chi connectivity index (χ1) is 20.7. The number of hydrogen-bond donors (Lipinski definition) is 0. The molecular formula is C42H33Cl. The average molecular weight is 573 g/mol. The molecule has 6 aromatic rings. The van der Waals surface area contributed by atoms with E-state index in [2.05, 4.69) is 137 Å². The van der Waals surface area contributed by atoms with Crippen molar-refractivity contribution in [3.05, 3.63) is 155 Å². The van der Waals surface area contributed by atoms with Crippen molar-refractivity contribution in [2.24, 2.45) is 0 Å². The highest BCUT2D eigenvalue weighted by Crippen LogP contribution is 2.52. The summed E-state index contributed by atoms with van der Waals surface area (Å²) in [5, 5.41) is 0.757. The Morgan fingerprint density at radius 2 is 0.744 bits per heavy atom. The molecule has 0 saturated carbocycles. The van der Waals surface area contributed by atoms with Crippen molar-refractivity contribution in [2.75, 3.05) is 0 Å². The van der Waals surface area contributed by atoms with Crippen LogP contribution < -0.4 is 0 Å². The van der Waals surface area contributed by atoms with Gasteiger partial charge in [-0.25, -0.2) is 0 Å². The topological polar surface area (TPSA) is 0 Å². The van der Waals surface area contributed by atoms with Crippen LogP contribution in [-0.4, -0.2) is 0 Å². The number of rotatable bonds is 3. The molecule has 0 spiro atoms. The lowest BCUT2D eigenvalue weighted by molar-refractivity contribution is 0.659. The van der Waals surface area contributed by atoms with Crippen LogP contribution in [0, 0.1) is 0 Å². The van der Waals surface area contributed by atoms with Crippen LogP contribution in [0.5, 0.6) is 0 Å². The number of hydrogen-bond acceptors (Lipinski definition) is 0. The van der Waals surface area contributed by atoms with Gasteiger partial charge >= 0.3 is 0 Å². The molecule has 8 rings (SSSR count). The van der Waals surface area contributed by atoms with E-state index in [1.165, 1.54) is 72.3 Å². The van der Waals surface area contributed by atoms with Crippen LogP contribution in [0.4, 0.5) is 0 Å². The van der Waals surface area contributed by atoms with Gasteiger partial charge in [-0.05, 0) is 114 Å². The smallest absolute Gasteiger partial charge is 0.0412 e. The molecule has 0 amide bonds. The second kappa shape index (κ2) is 9.30. The van der Waals surface area contributed by atoms with Crippen molar-refractivity contribution < 1.29 is 0 Å². The first-order valence-electron chi connectivity index (χ1n) is 15.1. The van der Waals surface area contributed by atoms with Crippen molar-refractivity contribution >= 4 is 11.6 Å². The fourth-order valence-electron chi connectivity index (χ4n) is 7.53. The van der Waals surface area contributed by atoms with Gasteiger partial charge in [0.1, 0.15) is 0 Å². The summed E-state index contributed by atoms with van der Waals surface area (Å²) in [6, 6.07) is 46.9. The Morgan fingerprint density at radius 3 is 1.26 bits per heavy atom. The molecule has 6 aromatic carbocycles. The normalized spacial score (nSPS) is 15.0. The monoisotopic (exact) mass is 572 g/mol. The second-order valence-electron chi connectivity index (χ2n) is 13.2. The second-order valence-corrected chi connectivity index (χ2v) is 13.6. The fraction of sp³-hybridized carbons (Fsp3) is 0.143. The highest BCUT2D eigenvalue weighted by atomic mass is 35.5. The SMILES string of the molecule is CC1(C)c2ccccc2-c2ccc(-c3ccc4c(c3)C(C)(C)c3cc(-c5cccc(-c6cccc(Cl)c6)c5)ccc3-4)cc21. The molecule has 0 atom stereocenters. The molecule has 43 heavy (non-hydrogen) atoms. The molecule has 208 valence electrons. The molecular weight excluding hydrogens is 540 g/mol. The Hall–Kier alpha value is -4.39. The summed E-state index contributed by atoms with van der Waals surface area (Å²) < 4.78 is 0. The van der Waals surface area contributed by atoms with Crippen molar-refractivity contribution in [3.8, 4) is 55.6 Å². The quantitative estimate of drug-likeness (QED) is 0.198. The summed E-state index contributed by atoms with van der Waals surface area (Å²) in [5.41, 5.74) is 18.3. The van der Waals surface area contributed by atoms with E-state index in [9.17, 15) is 0 Å². The maximum Gasteiger partial charge on any atom is 0.0412 e. The molecule has 0 aromatic heterocycles. The third kappa shape index (κ3) is 3.97. The Morgan fingerprint density at radius 1 is 0.349 bits per heavy atom. The summed E-state index contributed by atoms with van der Waals surface area (Å²) >= 11 is 6.30. The minimum Gasteiger partial charge on any atom is -0.0843 e. The lowest BCUT2D eigenvalue weighted by Gasteiger charge is -2.23. The van der Waals surface area contributed by atoms with Crippen molar-refractivity contribution in [1.29, 1.82) is 0 Å². The predicted octanol–water partition coefficient (Wildman–Crippen LogP) is 12.0. The van der Waals surface area contributed by atoms with Crippen LogP contribution in [0.1, 0.15) is 49.9 Å². The van der Waals surface area contributed by atoms with Crippen LogP contribution in [0.3, 0.4) is 0 Å². The van der Waals surface area contributed by atoms with Crippen molar-refractivity contribution in [3.63, 3.8) is 0 Å². The third-order valence-electron chi connectivity index (χ3n) is 9.95. The zero-order valence-corrected chi connectivity index (χ0v) is 25.8. The molecule has 0 N–H and O–H groups in total. The van der Waals surface area contributed by atoms with Gasteiger partial charge in [-0.1, -0.05) is 130 Å². The van der Waals surface area contributed by atoms with Crippen LogP contribution in [0.2, 0.25) is 5.02 Å². The van der Waals surface area contributed by atoms with Gasteiger partial charge in [-0.15, -0.1) is 0 Å². The van der Waals surface area contributed by atoms with Crippen LogP contribution >= 0.6 is 11.6 Å². The van der Waals surface area contributed by atoms with Crippen LogP contribution in [0.15, 0.2) is 127 Å². The van der Waals surface area contributed by atoms with Gasteiger partial charge in [0.25, 0.3) is 0 Å². The lowest BCUT2D eigenvalue weighted by Crippen LogP contribution is -2.15. The van der Waals surface area contributed by atoms with E-state index in [1.54, 1.807) is 0 Å². The van der Waals surface area contributed by atoms with Gasteiger partial charge in [0.15, 0.2) is 0 Å². The van der Waals surface area contributed by atoms with Crippen LogP contribution in [0.25, 0.3) is 55.6 Å². The highest BCUT2D eigenvalue weighted by Gasteiger charge is 2.37. The predicted molar refractivity (Wildman–Crippen MR) is 183 cm³/mol. The van der Waals surface area contributed by atoms with Crippen LogP contribution in [-0.2, 0) is 10.8 Å². The van der Waals surface area contributed by atoms with Crippen molar-refractivity contribution in [1.82, 2.24) is 0 Å². The maximum absolute atomic E-state index is 6.30. The summed E-state index contributed by atoms with van der Waals surface area (Å²) in [6.45, 7) is 9.45. The summed E-state index contributed by atoms with van der Waals surface area (Å²) in [4.78, 5) is 0.